The molecule has 0 heterocycles. The van der Waals surface area contributed by atoms with E-state index in [9.17, 15) is 9.59 Å². The molecule has 0 saturated heterocycles. The SMILES string of the molecule is CC(C)(C)NC(=O)c1cccc(C(=O)Nc2cccc(Cl)c2Cl)c1. The number of halogens is 2. The third-order valence-corrected chi connectivity index (χ3v) is 3.89. The fourth-order valence-electron chi connectivity index (χ4n) is 2.01. The third-order valence-electron chi connectivity index (χ3n) is 3.08. The van der Waals surface area contributed by atoms with E-state index < -0.39 is 0 Å². The quantitative estimate of drug-likeness (QED) is 0.823. The summed E-state index contributed by atoms with van der Waals surface area (Å²) in [7, 11) is 0. The van der Waals surface area contributed by atoms with Crippen molar-refractivity contribution in [2.45, 2.75) is 26.3 Å². The molecule has 2 amide bonds. The highest BCUT2D eigenvalue weighted by Gasteiger charge is 2.17. The van der Waals surface area contributed by atoms with Crippen LogP contribution >= 0.6 is 23.2 Å². The van der Waals surface area contributed by atoms with Crippen molar-refractivity contribution in [1.82, 2.24) is 5.32 Å². The van der Waals surface area contributed by atoms with Crippen LogP contribution in [0.25, 0.3) is 0 Å². The molecular formula is C18H18Cl2N2O2. The summed E-state index contributed by atoms with van der Waals surface area (Å²) in [6.45, 7) is 5.67. The number of amides is 2. The maximum absolute atomic E-state index is 12.4. The Morgan fingerprint density at radius 3 is 2.12 bits per heavy atom. The lowest BCUT2D eigenvalue weighted by Crippen LogP contribution is -2.40. The highest BCUT2D eigenvalue weighted by molar-refractivity contribution is 6.44. The second kappa shape index (κ2) is 7.24. The zero-order valence-electron chi connectivity index (χ0n) is 13.6. The fourth-order valence-corrected chi connectivity index (χ4v) is 2.36. The number of anilines is 1. The molecule has 24 heavy (non-hydrogen) atoms. The summed E-state index contributed by atoms with van der Waals surface area (Å²) in [5.74, 6) is -0.609. The van der Waals surface area contributed by atoms with Crippen LogP contribution in [0.1, 0.15) is 41.5 Å². The minimum absolute atomic E-state index is 0.238. The van der Waals surface area contributed by atoms with Gasteiger partial charge in [0.15, 0.2) is 0 Å². The van der Waals surface area contributed by atoms with E-state index in [1.54, 1.807) is 36.4 Å². The highest BCUT2D eigenvalue weighted by Crippen LogP contribution is 2.29. The van der Waals surface area contributed by atoms with E-state index in [4.69, 9.17) is 23.2 Å². The summed E-state index contributed by atoms with van der Waals surface area (Å²) in [5, 5.41) is 6.18. The van der Waals surface area contributed by atoms with Gasteiger partial charge in [0.25, 0.3) is 11.8 Å². The molecule has 0 bridgehead atoms. The van der Waals surface area contributed by atoms with Gasteiger partial charge in [0.2, 0.25) is 0 Å². The second-order valence-corrected chi connectivity index (χ2v) is 7.13. The molecule has 0 aromatic heterocycles. The average Bonchev–Trinajstić information content (AvgIpc) is 2.50. The number of carbonyl (C=O) groups excluding carboxylic acids is 2. The summed E-state index contributed by atoms with van der Waals surface area (Å²) in [6.07, 6.45) is 0. The number of benzene rings is 2. The summed E-state index contributed by atoms with van der Waals surface area (Å²) < 4.78 is 0. The van der Waals surface area contributed by atoms with E-state index in [1.165, 1.54) is 6.07 Å². The summed E-state index contributed by atoms with van der Waals surface area (Å²) >= 11 is 12.0. The van der Waals surface area contributed by atoms with Gasteiger partial charge in [0.05, 0.1) is 15.7 Å². The van der Waals surface area contributed by atoms with Gasteiger partial charge in [-0.15, -0.1) is 0 Å². The second-order valence-electron chi connectivity index (χ2n) is 6.34. The lowest BCUT2D eigenvalue weighted by atomic mass is 10.1. The van der Waals surface area contributed by atoms with Gasteiger partial charge in [-0.3, -0.25) is 9.59 Å². The Hall–Kier alpha value is -2.04. The standard InChI is InChI=1S/C18H18Cl2N2O2/c1-18(2,3)22-17(24)12-7-4-6-11(10-12)16(23)21-14-9-5-8-13(19)15(14)20/h4-10H,1-3H3,(H,21,23)(H,22,24). The van der Waals surface area contributed by atoms with E-state index in [-0.39, 0.29) is 22.4 Å². The molecule has 0 radical (unpaired) electrons. The minimum atomic E-state index is -0.371. The topological polar surface area (TPSA) is 58.2 Å². The highest BCUT2D eigenvalue weighted by atomic mass is 35.5. The first-order valence-corrected chi connectivity index (χ1v) is 8.11. The molecule has 126 valence electrons. The first-order chi connectivity index (χ1) is 11.2. The third kappa shape index (κ3) is 4.73. The Balaban J connectivity index is 2.20. The van der Waals surface area contributed by atoms with Gasteiger partial charge in [-0.25, -0.2) is 0 Å². The largest absolute Gasteiger partial charge is 0.347 e. The van der Waals surface area contributed by atoms with Crippen LogP contribution in [0.5, 0.6) is 0 Å². The average molecular weight is 365 g/mol. The Kier molecular flexibility index (Phi) is 5.52. The fraction of sp³-hybridized carbons (Fsp3) is 0.222. The summed E-state index contributed by atoms with van der Waals surface area (Å²) in [6, 6.07) is 11.5. The summed E-state index contributed by atoms with van der Waals surface area (Å²) in [5.41, 5.74) is 0.824. The molecule has 0 atom stereocenters. The van der Waals surface area contributed by atoms with E-state index >= 15 is 0 Å². The summed E-state index contributed by atoms with van der Waals surface area (Å²) in [4.78, 5) is 24.6. The number of carbonyl (C=O) groups is 2. The van der Waals surface area contributed by atoms with Crippen molar-refractivity contribution < 1.29 is 9.59 Å². The van der Waals surface area contributed by atoms with Crippen LogP contribution in [0.4, 0.5) is 5.69 Å². The molecule has 0 spiro atoms. The molecule has 2 N–H and O–H groups in total. The number of hydrogen-bond donors (Lipinski definition) is 2. The van der Waals surface area contributed by atoms with Crippen LogP contribution in [0, 0.1) is 0 Å². The van der Waals surface area contributed by atoms with Gasteiger partial charge >= 0.3 is 0 Å². The van der Waals surface area contributed by atoms with Gasteiger partial charge in [-0.1, -0.05) is 35.3 Å². The lowest BCUT2D eigenvalue weighted by molar-refractivity contribution is 0.0919. The van der Waals surface area contributed by atoms with Gasteiger partial charge in [0, 0.05) is 16.7 Å². The van der Waals surface area contributed by atoms with Crippen LogP contribution in [0.15, 0.2) is 42.5 Å². The monoisotopic (exact) mass is 364 g/mol. The molecular weight excluding hydrogens is 347 g/mol. The Morgan fingerprint density at radius 1 is 0.917 bits per heavy atom. The van der Waals surface area contributed by atoms with Gasteiger partial charge < -0.3 is 10.6 Å². The normalized spacial score (nSPS) is 11.0. The zero-order chi connectivity index (χ0) is 17.9. The van der Waals surface area contributed by atoms with E-state index in [0.717, 1.165) is 0 Å². The molecule has 4 nitrogen and oxygen atoms in total. The molecule has 0 unspecified atom stereocenters. The maximum atomic E-state index is 12.4. The van der Waals surface area contributed by atoms with Crippen molar-refractivity contribution in [3.8, 4) is 0 Å². The Morgan fingerprint density at radius 2 is 1.50 bits per heavy atom. The van der Waals surface area contributed by atoms with Crippen molar-refractivity contribution in [3.63, 3.8) is 0 Å². The van der Waals surface area contributed by atoms with Gasteiger partial charge in [-0.05, 0) is 51.1 Å². The predicted octanol–water partition coefficient (Wildman–Crippen LogP) is 4.77. The number of rotatable bonds is 3. The van der Waals surface area contributed by atoms with Gasteiger partial charge in [-0.2, -0.15) is 0 Å². The molecule has 0 fully saturated rings. The van der Waals surface area contributed by atoms with Crippen LogP contribution in [-0.2, 0) is 0 Å². The first kappa shape index (κ1) is 18.3. The van der Waals surface area contributed by atoms with E-state index in [1.807, 2.05) is 20.8 Å². The number of hydrogen-bond acceptors (Lipinski definition) is 2. The first-order valence-electron chi connectivity index (χ1n) is 7.35. The van der Waals surface area contributed by atoms with Crippen molar-refractivity contribution in [2.75, 3.05) is 5.32 Å². The zero-order valence-corrected chi connectivity index (χ0v) is 15.1. The van der Waals surface area contributed by atoms with Crippen LogP contribution in [0.3, 0.4) is 0 Å². The molecule has 6 heteroatoms. The maximum Gasteiger partial charge on any atom is 0.255 e. The van der Waals surface area contributed by atoms with Gasteiger partial charge in [0.1, 0.15) is 0 Å². The lowest BCUT2D eigenvalue weighted by Gasteiger charge is -2.20. The van der Waals surface area contributed by atoms with Crippen molar-refractivity contribution in [1.29, 1.82) is 0 Å². The predicted molar refractivity (Wildman–Crippen MR) is 98.1 cm³/mol. The minimum Gasteiger partial charge on any atom is -0.347 e. The Bertz CT molecular complexity index is 783. The van der Waals surface area contributed by atoms with Crippen LogP contribution in [-0.4, -0.2) is 17.4 Å². The molecule has 0 aliphatic carbocycles. The van der Waals surface area contributed by atoms with Crippen LogP contribution < -0.4 is 10.6 Å². The van der Waals surface area contributed by atoms with Crippen molar-refractivity contribution in [3.05, 3.63) is 63.6 Å². The molecule has 2 aromatic carbocycles. The molecule has 0 aliphatic heterocycles. The molecule has 2 rings (SSSR count). The van der Waals surface area contributed by atoms with E-state index in [2.05, 4.69) is 10.6 Å². The molecule has 2 aromatic rings. The van der Waals surface area contributed by atoms with Crippen molar-refractivity contribution >= 4 is 40.7 Å². The van der Waals surface area contributed by atoms with Crippen molar-refractivity contribution in [2.24, 2.45) is 0 Å². The number of nitrogens with one attached hydrogen (secondary N) is 2. The molecule has 0 aliphatic rings. The van der Waals surface area contributed by atoms with Crippen LogP contribution in [0.2, 0.25) is 10.0 Å². The molecule has 0 saturated carbocycles. The smallest absolute Gasteiger partial charge is 0.255 e. The Labute approximate surface area is 151 Å². The van der Waals surface area contributed by atoms with E-state index in [0.29, 0.717) is 21.8 Å².